The lowest BCUT2D eigenvalue weighted by Gasteiger charge is -2.50. The van der Waals surface area contributed by atoms with Gasteiger partial charge in [0.25, 0.3) is 0 Å². The highest BCUT2D eigenvalue weighted by molar-refractivity contribution is 5.97. The number of anilines is 1. The van der Waals surface area contributed by atoms with E-state index in [2.05, 4.69) is 27.6 Å². The van der Waals surface area contributed by atoms with Gasteiger partial charge < -0.3 is 11.1 Å². The molecule has 1 heterocycles. The minimum absolute atomic E-state index is 0.0791. The fourth-order valence-electron chi connectivity index (χ4n) is 4.64. The summed E-state index contributed by atoms with van der Waals surface area (Å²) in [5.41, 5.74) is 8.42. The Hall–Kier alpha value is -2.14. The topological polar surface area (TPSA) is 83.8 Å². The van der Waals surface area contributed by atoms with E-state index < -0.39 is 5.54 Å². The molecule has 2 aromatic rings. The maximum Gasteiger partial charge on any atom is 0.245 e. The van der Waals surface area contributed by atoms with Crippen molar-refractivity contribution in [2.24, 2.45) is 11.1 Å². The molecule has 0 saturated heterocycles. The normalized spacial score (nSPS) is 24.2. The van der Waals surface area contributed by atoms with Crippen molar-refractivity contribution in [3.63, 3.8) is 0 Å². The first-order valence-electron chi connectivity index (χ1n) is 9.76. The summed E-state index contributed by atoms with van der Waals surface area (Å²) in [7, 11) is 0. The Morgan fingerprint density at radius 1 is 1.12 bits per heavy atom. The van der Waals surface area contributed by atoms with E-state index in [0.717, 1.165) is 37.8 Å². The molecule has 1 aromatic heterocycles. The number of benzene rings is 1. The lowest BCUT2D eigenvalue weighted by molar-refractivity contribution is -0.125. The van der Waals surface area contributed by atoms with Crippen molar-refractivity contribution in [1.82, 2.24) is 10.2 Å². The number of H-pyrrole nitrogens is 1. The Balaban J connectivity index is 1.35. The number of carbonyl (C=O) groups is 1. The predicted octanol–water partition coefficient (Wildman–Crippen LogP) is 3.58. The largest absolute Gasteiger partial charge is 0.317 e. The summed E-state index contributed by atoms with van der Waals surface area (Å²) in [5.74, 6) is 0.501. The average Bonchev–Trinajstić information content (AvgIpc) is 3.07. The monoisotopic (exact) mass is 352 g/mol. The molecule has 1 unspecified atom stereocenters. The highest BCUT2D eigenvalue weighted by Gasteiger charge is 2.49. The third-order valence-electron chi connectivity index (χ3n) is 6.29. The van der Waals surface area contributed by atoms with Crippen molar-refractivity contribution < 1.29 is 4.79 Å². The quantitative estimate of drug-likeness (QED) is 0.769. The van der Waals surface area contributed by atoms with E-state index in [0.29, 0.717) is 11.2 Å². The molecule has 0 radical (unpaired) electrons. The molecule has 5 heteroatoms. The fourth-order valence-corrected chi connectivity index (χ4v) is 4.64. The van der Waals surface area contributed by atoms with E-state index in [-0.39, 0.29) is 5.91 Å². The summed E-state index contributed by atoms with van der Waals surface area (Å²) in [6.45, 7) is 0. The number of aryl methyl sites for hydroxylation is 2. The van der Waals surface area contributed by atoms with Crippen LogP contribution in [-0.2, 0) is 17.6 Å². The maximum absolute atomic E-state index is 12.8. The lowest BCUT2D eigenvalue weighted by atomic mass is 9.56. The van der Waals surface area contributed by atoms with Gasteiger partial charge in [0.05, 0.1) is 5.54 Å². The molecule has 4 N–H and O–H groups in total. The molecule has 0 aliphatic heterocycles. The van der Waals surface area contributed by atoms with Crippen LogP contribution in [0.15, 0.2) is 36.4 Å². The van der Waals surface area contributed by atoms with Crippen molar-refractivity contribution in [3.8, 4) is 0 Å². The Bertz CT molecular complexity index is 765. The van der Waals surface area contributed by atoms with Gasteiger partial charge in [-0.1, -0.05) is 43.2 Å². The second kappa shape index (κ2) is 6.88. The van der Waals surface area contributed by atoms with Crippen LogP contribution >= 0.6 is 0 Å². The molecule has 2 aliphatic rings. The molecule has 26 heavy (non-hydrogen) atoms. The van der Waals surface area contributed by atoms with Crippen LogP contribution in [0.3, 0.4) is 0 Å². The van der Waals surface area contributed by atoms with Crippen LogP contribution in [0.1, 0.15) is 56.2 Å². The van der Waals surface area contributed by atoms with Crippen LogP contribution in [0.25, 0.3) is 0 Å². The number of amides is 1. The van der Waals surface area contributed by atoms with Gasteiger partial charge in [-0.3, -0.25) is 9.89 Å². The highest BCUT2D eigenvalue weighted by Crippen LogP contribution is 2.53. The first-order chi connectivity index (χ1) is 12.6. The number of nitrogens with one attached hydrogen (secondary N) is 2. The van der Waals surface area contributed by atoms with E-state index in [1.54, 1.807) is 0 Å². The summed E-state index contributed by atoms with van der Waals surface area (Å²) < 4.78 is 0. The Morgan fingerprint density at radius 2 is 1.85 bits per heavy atom. The molecule has 2 fully saturated rings. The fraction of sp³-hybridized carbons (Fsp3) is 0.524. The van der Waals surface area contributed by atoms with Gasteiger partial charge >= 0.3 is 0 Å². The van der Waals surface area contributed by atoms with Crippen LogP contribution in [0.2, 0.25) is 0 Å². The van der Waals surface area contributed by atoms with Crippen LogP contribution in [0.4, 0.5) is 5.82 Å². The van der Waals surface area contributed by atoms with E-state index in [1.165, 1.54) is 31.2 Å². The van der Waals surface area contributed by atoms with Crippen LogP contribution in [0, 0.1) is 5.41 Å². The second-order valence-corrected chi connectivity index (χ2v) is 8.26. The summed E-state index contributed by atoms with van der Waals surface area (Å²) in [6.07, 6.45) is 9.41. The predicted molar refractivity (Wildman–Crippen MR) is 103 cm³/mol. The van der Waals surface area contributed by atoms with Crippen molar-refractivity contribution in [3.05, 3.63) is 47.7 Å². The van der Waals surface area contributed by atoms with Gasteiger partial charge in [-0.25, -0.2) is 0 Å². The number of nitrogens with two attached hydrogens (primary N) is 1. The molecule has 1 atom stereocenters. The zero-order valence-corrected chi connectivity index (χ0v) is 15.3. The van der Waals surface area contributed by atoms with E-state index >= 15 is 0 Å². The SMILES string of the molecule is NC1(C(=O)Nc2cc(CCc3ccccc3)[nH]n2)CCCC2(CCC2)C1. The van der Waals surface area contributed by atoms with Crippen LogP contribution in [-0.4, -0.2) is 21.6 Å². The molecule has 1 aromatic carbocycles. The zero-order chi connectivity index (χ0) is 18.0. The Kier molecular flexibility index (Phi) is 4.57. The number of aromatic amines is 1. The molecule has 0 bridgehead atoms. The number of carbonyl (C=O) groups excluding carboxylic acids is 1. The van der Waals surface area contributed by atoms with Gasteiger partial charge in [-0.15, -0.1) is 0 Å². The van der Waals surface area contributed by atoms with Gasteiger partial charge in [0, 0.05) is 11.8 Å². The maximum atomic E-state index is 12.8. The second-order valence-electron chi connectivity index (χ2n) is 8.26. The molecular formula is C21H28N4O. The Morgan fingerprint density at radius 3 is 2.58 bits per heavy atom. The number of rotatable bonds is 5. The van der Waals surface area contributed by atoms with Gasteiger partial charge in [0.2, 0.25) is 5.91 Å². The lowest BCUT2D eigenvalue weighted by Crippen LogP contribution is -2.57. The number of nitrogens with zero attached hydrogens (tertiary/aromatic N) is 1. The number of aromatic nitrogens is 2. The minimum Gasteiger partial charge on any atom is -0.317 e. The van der Waals surface area contributed by atoms with Gasteiger partial charge in [0.15, 0.2) is 5.82 Å². The van der Waals surface area contributed by atoms with E-state index in [4.69, 9.17) is 5.73 Å². The molecule has 5 nitrogen and oxygen atoms in total. The van der Waals surface area contributed by atoms with Crippen molar-refractivity contribution >= 4 is 11.7 Å². The Labute approximate surface area is 154 Å². The van der Waals surface area contributed by atoms with E-state index in [9.17, 15) is 4.79 Å². The molecule has 1 amide bonds. The third-order valence-corrected chi connectivity index (χ3v) is 6.29. The van der Waals surface area contributed by atoms with E-state index in [1.807, 2.05) is 24.3 Å². The smallest absolute Gasteiger partial charge is 0.245 e. The zero-order valence-electron chi connectivity index (χ0n) is 15.3. The standard InChI is InChI=1S/C21H28N4O/c22-21(13-5-12-20(15-21)10-4-11-20)19(26)23-18-14-17(24-25-18)9-8-16-6-2-1-3-7-16/h1-3,6-7,14H,4-5,8-13,15,22H2,(H2,23,24,25,26). The third kappa shape index (κ3) is 3.54. The van der Waals surface area contributed by atoms with Gasteiger partial charge in [-0.2, -0.15) is 5.10 Å². The molecule has 2 saturated carbocycles. The summed E-state index contributed by atoms with van der Waals surface area (Å²) in [4.78, 5) is 12.8. The first kappa shape index (κ1) is 17.3. The van der Waals surface area contributed by atoms with Gasteiger partial charge in [-0.05, 0) is 55.9 Å². The molecule has 4 rings (SSSR count). The highest BCUT2D eigenvalue weighted by atomic mass is 16.2. The molecule has 138 valence electrons. The van der Waals surface area contributed by atoms with Crippen LogP contribution < -0.4 is 11.1 Å². The molecule has 2 aliphatic carbocycles. The number of hydrogen-bond donors (Lipinski definition) is 3. The first-order valence-corrected chi connectivity index (χ1v) is 9.76. The summed E-state index contributed by atoms with van der Waals surface area (Å²) in [5, 5.41) is 10.2. The van der Waals surface area contributed by atoms with Gasteiger partial charge in [0.1, 0.15) is 0 Å². The number of hydrogen-bond acceptors (Lipinski definition) is 3. The summed E-state index contributed by atoms with van der Waals surface area (Å²) in [6, 6.07) is 12.3. The molecule has 1 spiro atoms. The molecular weight excluding hydrogens is 324 g/mol. The van der Waals surface area contributed by atoms with Crippen molar-refractivity contribution in [2.45, 2.75) is 63.3 Å². The van der Waals surface area contributed by atoms with Crippen molar-refractivity contribution in [1.29, 1.82) is 0 Å². The van der Waals surface area contributed by atoms with Crippen molar-refractivity contribution in [2.75, 3.05) is 5.32 Å². The minimum atomic E-state index is -0.748. The average molecular weight is 352 g/mol. The van der Waals surface area contributed by atoms with Crippen LogP contribution in [0.5, 0.6) is 0 Å². The summed E-state index contributed by atoms with van der Waals surface area (Å²) >= 11 is 0.